The van der Waals surface area contributed by atoms with Gasteiger partial charge in [0.2, 0.25) is 0 Å². The van der Waals surface area contributed by atoms with Crippen molar-refractivity contribution in [1.29, 1.82) is 0 Å². The molecular weight excluding hydrogens is 290 g/mol. The van der Waals surface area contributed by atoms with E-state index in [9.17, 15) is 0 Å². The molecule has 0 aliphatic rings. The van der Waals surface area contributed by atoms with Gasteiger partial charge in [-0.3, -0.25) is 0 Å². The Kier molecular flexibility index (Phi) is 99.8. The van der Waals surface area contributed by atoms with Gasteiger partial charge in [-0.05, 0) is 0 Å². The zero-order chi connectivity index (χ0) is 2.00. The van der Waals surface area contributed by atoms with Crippen LogP contribution in [0.3, 0.4) is 0 Å². The van der Waals surface area contributed by atoms with Gasteiger partial charge in [0, 0.05) is 0 Å². The molecule has 0 aromatic rings. The molecule has 0 saturated carbocycles. The Morgan fingerprint density at radius 1 is 1.25 bits per heavy atom. The summed E-state index contributed by atoms with van der Waals surface area (Å²) in [6, 6.07) is 0. The van der Waals surface area contributed by atoms with Crippen LogP contribution in [0.1, 0.15) is 0 Å². The number of hydrogen-bond acceptors (Lipinski definition) is 0. The molecule has 0 bridgehead atoms. The standard InChI is InChI=1S/Al.Bi.ClF.6H/c;;1-2;;;;;;. The Morgan fingerprint density at radius 3 is 1.25 bits per heavy atom. The van der Waals surface area contributed by atoms with E-state index in [1.54, 1.807) is 0 Å². The zero-order valence-corrected chi connectivity index (χ0v) is 7.72. The molecule has 0 spiro atoms. The second-order valence-corrected chi connectivity index (χ2v) is 0. The molecule has 0 saturated heterocycles. The van der Waals surface area contributed by atoms with Gasteiger partial charge in [0.15, 0.2) is 17.4 Å². The van der Waals surface area contributed by atoms with E-state index in [-0.39, 0.29) is 43.6 Å². The van der Waals surface area contributed by atoms with Crippen molar-refractivity contribution >= 4 is 55.5 Å². The van der Waals surface area contributed by atoms with Crippen molar-refractivity contribution < 1.29 is 3.98 Å². The molecule has 4 heavy (non-hydrogen) atoms. The Morgan fingerprint density at radius 2 is 1.25 bits per heavy atom. The Bertz CT molecular complexity index is 8.00. The van der Waals surface area contributed by atoms with Crippen molar-refractivity contribution in [3.8, 4) is 0 Å². The molecule has 0 nitrogen and oxygen atoms in total. The molecule has 0 unspecified atom stereocenters. The van der Waals surface area contributed by atoms with Crippen molar-refractivity contribution in [2.45, 2.75) is 0 Å². The predicted molar refractivity (Wildman–Crippen MR) is 26.8 cm³/mol. The summed E-state index contributed by atoms with van der Waals surface area (Å²) >= 11 is 3.14. The first-order chi connectivity index (χ1) is 1.00. The number of halogens is 2. The quantitative estimate of drug-likeness (QED) is 0.490. The second kappa shape index (κ2) is 22.9. The third-order valence-corrected chi connectivity index (χ3v) is 0. The van der Waals surface area contributed by atoms with Crippen molar-refractivity contribution in [2.24, 2.45) is 0 Å². The van der Waals surface area contributed by atoms with Gasteiger partial charge in [0.05, 0.1) is 0 Å². The summed E-state index contributed by atoms with van der Waals surface area (Å²) in [5.74, 6) is 0. The van der Waals surface area contributed by atoms with E-state index in [1.165, 1.54) is 0 Å². The maximum atomic E-state index is 8.97. The van der Waals surface area contributed by atoms with Gasteiger partial charge in [-0.25, -0.2) is 0 Å². The summed E-state index contributed by atoms with van der Waals surface area (Å²) in [5, 5.41) is 0. The van der Waals surface area contributed by atoms with E-state index >= 15 is 0 Å². The zero-order valence-electron chi connectivity index (χ0n) is 1.46. The average Bonchev–Trinajstić information content (AvgIpc) is 1.00. The van der Waals surface area contributed by atoms with E-state index in [1.807, 2.05) is 0 Å². The monoisotopic (exact) mass is 296 g/mol. The third-order valence-electron chi connectivity index (χ3n) is 0. The summed E-state index contributed by atoms with van der Waals surface area (Å²) in [6.07, 6.45) is 0. The molecule has 0 amide bonds. The van der Waals surface area contributed by atoms with Gasteiger partial charge in [0.1, 0.15) is 12.0 Å². The van der Waals surface area contributed by atoms with Gasteiger partial charge < -0.3 is 0 Å². The average molecular weight is 296 g/mol. The second-order valence-electron chi connectivity index (χ2n) is 0. The third kappa shape index (κ3) is 9.44. The summed E-state index contributed by atoms with van der Waals surface area (Å²) in [6.45, 7) is 0. The Balaban J connectivity index is -0.00000000500. The molecule has 0 fully saturated rings. The van der Waals surface area contributed by atoms with Gasteiger partial charge in [-0.15, -0.1) is 3.98 Å². The van der Waals surface area contributed by atoms with Crippen molar-refractivity contribution in [1.82, 2.24) is 0 Å². The predicted octanol–water partition coefficient (Wildman–Crippen LogP) is -1.26. The van der Waals surface area contributed by atoms with Crippen molar-refractivity contribution in [3.63, 3.8) is 0 Å². The fraction of sp³-hybridized carbons (Fsp3) is 0. The molecule has 28 valence electrons. The number of rotatable bonds is 0. The van der Waals surface area contributed by atoms with E-state index < -0.39 is 0 Å². The maximum absolute atomic E-state index is 8.97. The molecule has 0 atom stereocenters. The topological polar surface area (TPSA) is 0 Å². The van der Waals surface area contributed by atoms with Gasteiger partial charge in [-0.1, -0.05) is 0 Å². The van der Waals surface area contributed by atoms with Crippen molar-refractivity contribution in [3.05, 3.63) is 0 Å². The first-order valence-corrected chi connectivity index (χ1v) is 0.429. The summed E-state index contributed by atoms with van der Waals surface area (Å²) in [4.78, 5) is 0. The van der Waals surface area contributed by atoms with Crippen LogP contribution in [0.2, 0.25) is 0 Å². The fourth-order valence-electron chi connectivity index (χ4n) is 0. The van der Waals surface area contributed by atoms with Crippen LogP contribution in [-0.4, -0.2) is 43.6 Å². The first kappa shape index (κ1) is 17.4. The number of hydrogen-bond donors (Lipinski definition) is 0. The van der Waals surface area contributed by atoms with Crippen LogP contribution in [0, 0.1) is 0 Å². The molecular formula is H6AlBiClF. The molecule has 0 aliphatic carbocycles. The molecule has 0 aromatic heterocycles. The Hall–Kier alpha value is 1.64. The first-order valence-electron chi connectivity index (χ1n) is 0.143. The van der Waals surface area contributed by atoms with Crippen LogP contribution in [-0.2, 0) is 0 Å². The molecule has 0 heterocycles. The normalized spacial score (nSPS) is 1.50. The Labute approximate surface area is 59.2 Å². The molecule has 0 rings (SSSR count). The van der Waals surface area contributed by atoms with E-state index in [2.05, 4.69) is 12.0 Å². The minimum atomic E-state index is 0. The van der Waals surface area contributed by atoms with Crippen LogP contribution < -0.4 is 0 Å². The summed E-state index contributed by atoms with van der Waals surface area (Å²) in [5.41, 5.74) is 0. The molecule has 0 radical (unpaired) electrons. The molecule has 0 aromatic carbocycles. The van der Waals surface area contributed by atoms with Crippen LogP contribution >= 0.6 is 12.0 Å². The van der Waals surface area contributed by atoms with Crippen LogP contribution in [0.25, 0.3) is 0 Å². The van der Waals surface area contributed by atoms with Gasteiger partial charge >= 0.3 is 26.2 Å². The van der Waals surface area contributed by atoms with E-state index in [0.717, 1.165) is 0 Å². The minimum absolute atomic E-state index is 0. The van der Waals surface area contributed by atoms with E-state index in [0.29, 0.717) is 0 Å². The van der Waals surface area contributed by atoms with Crippen molar-refractivity contribution in [2.75, 3.05) is 0 Å². The molecule has 0 N–H and O–H groups in total. The van der Waals surface area contributed by atoms with Crippen LogP contribution in [0.5, 0.6) is 0 Å². The molecule has 0 aliphatic heterocycles. The summed E-state index contributed by atoms with van der Waals surface area (Å²) < 4.78 is 8.97. The van der Waals surface area contributed by atoms with E-state index in [4.69, 9.17) is 3.98 Å². The van der Waals surface area contributed by atoms with Crippen LogP contribution in [0.4, 0.5) is 3.98 Å². The SMILES string of the molecule is FCl.[AlH3].[BiH3]. The van der Waals surface area contributed by atoms with Gasteiger partial charge in [0.25, 0.3) is 0 Å². The fourth-order valence-corrected chi connectivity index (χ4v) is 0. The molecule has 4 heteroatoms. The van der Waals surface area contributed by atoms with Crippen LogP contribution in [0.15, 0.2) is 0 Å². The summed E-state index contributed by atoms with van der Waals surface area (Å²) in [7, 11) is 0. The van der Waals surface area contributed by atoms with Gasteiger partial charge in [-0.2, -0.15) is 0 Å².